The summed E-state index contributed by atoms with van der Waals surface area (Å²) in [6.45, 7) is 1.19. The predicted octanol–water partition coefficient (Wildman–Crippen LogP) is 3.02. The lowest BCUT2D eigenvalue weighted by Gasteiger charge is -2.25. The zero-order chi connectivity index (χ0) is 22.6. The first-order chi connectivity index (χ1) is 15.5. The number of nitrogens with one attached hydrogen (secondary N) is 1. The summed E-state index contributed by atoms with van der Waals surface area (Å²) in [4.78, 5) is 29.3. The maximum absolute atomic E-state index is 13.1. The van der Waals surface area contributed by atoms with Crippen LogP contribution >= 0.6 is 11.3 Å². The zero-order valence-electron chi connectivity index (χ0n) is 17.5. The molecule has 1 amide bonds. The van der Waals surface area contributed by atoms with E-state index in [1.165, 1.54) is 11.3 Å². The molecule has 0 saturated heterocycles. The summed E-state index contributed by atoms with van der Waals surface area (Å²) in [5.74, 6) is -0.458. The van der Waals surface area contributed by atoms with E-state index in [1.54, 1.807) is 0 Å². The van der Waals surface area contributed by atoms with Crippen LogP contribution in [0.15, 0.2) is 53.9 Å². The lowest BCUT2D eigenvalue weighted by atomic mass is 9.80. The van der Waals surface area contributed by atoms with Gasteiger partial charge in [-0.1, -0.05) is 24.3 Å². The molecule has 0 radical (unpaired) electrons. The van der Waals surface area contributed by atoms with Crippen LogP contribution in [0, 0.1) is 5.41 Å². The molecule has 0 aliphatic heterocycles. The van der Waals surface area contributed by atoms with Crippen LogP contribution in [0.1, 0.15) is 22.6 Å². The third-order valence-corrected chi connectivity index (χ3v) is 6.48. The Kier molecular flexibility index (Phi) is 6.53. The molecule has 0 fully saturated rings. The molecule has 7 nitrogen and oxygen atoms in total. The minimum atomic E-state index is -0.969. The van der Waals surface area contributed by atoms with Gasteiger partial charge in [-0.25, -0.2) is 4.98 Å². The molecule has 2 aromatic carbocycles. The largest absolute Gasteiger partial charge is 0.492 e. The molecule has 1 aliphatic carbocycles. The highest BCUT2D eigenvalue weighted by atomic mass is 32.1. The number of aromatic nitrogens is 1. The van der Waals surface area contributed by atoms with Gasteiger partial charge in [-0.15, -0.1) is 11.3 Å². The number of nitrogens with two attached hydrogens (primary N) is 1. The number of carbonyl (C=O) groups excluding carboxylic acids is 1. The van der Waals surface area contributed by atoms with Crippen LogP contribution in [0.25, 0.3) is 11.3 Å². The van der Waals surface area contributed by atoms with Gasteiger partial charge in [0.2, 0.25) is 5.91 Å². The van der Waals surface area contributed by atoms with Crippen LogP contribution in [-0.2, 0) is 29.0 Å². The second kappa shape index (κ2) is 9.50. The molecular weight excluding hydrogens is 426 g/mol. The Morgan fingerprint density at radius 3 is 2.44 bits per heavy atom. The van der Waals surface area contributed by atoms with Crippen molar-refractivity contribution in [1.82, 2.24) is 10.3 Å². The number of carboxylic acid groups (broad SMARTS) is 1. The Bertz CT molecular complexity index is 1090. The van der Waals surface area contributed by atoms with Crippen LogP contribution in [0.4, 0.5) is 0 Å². The Balaban J connectivity index is 1.41. The highest BCUT2D eigenvalue weighted by Crippen LogP contribution is 2.40. The van der Waals surface area contributed by atoms with Crippen molar-refractivity contribution < 1.29 is 19.4 Å². The van der Waals surface area contributed by atoms with Gasteiger partial charge < -0.3 is 20.9 Å². The molecule has 0 unspecified atom stereocenters. The van der Waals surface area contributed by atoms with Crippen molar-refractivity contribution in [3.63, 3.8) is 0 Å². The predicted molar refractivity (Wildman–Crippen MR) is 122 cm³/mol. The van der Waals surface area contributed by atoms with Gasteiger partial charge in [0.05, 0.1) is 24.1 Å². The number of amides is 1. The Morgan fingerprint density at radius 2 is 1.81 bits per heavy atom. The first-order valence-electron chi connectivity index (χ1n) is 10.4. The van der Waals surface area contributed by atoms with Gasteiger partial charge in [0.15, 0.2) is 0 Å². The van der Waals surface area contributed by atoms with Crippen molar-refractivity contribution in [3.05, 3.63) is 70.0 Å². The number of nitrogens with zero attached hydrogens (tertiary/aromatic N) is 1. The number of ether oxygens (including phenoxy) is 1. The van der Waals surface area contributed by atoms with Gasteiger partial charge in [0.25, 0.3) is 0 Å². The van der Waals surface area contributed by atoms with Crippen molar-refractivity contribution in [3.8, 4) is 17.0 Å². The van der Waals surface area contributed by atoms with Crippen LogP contribution in [0.3, 0.4) is 0 Å². The molecule has 1 aromatic heterocycles. The molecule has 0 bridgehead atoms. The molecule has 32 heavy (non-hydrogen) atoms. The number of aliphatic carboxylic acids is 1. The number of thiazole rings is 1. The maximum atomic E-state index is 13.1. The molecule has 4 N–H and O–H groups in total. The third-order valence-electron chi connectivity index (χ3n) is 5.64. The summed E-state index contributed by atoms with van der Waals surface area (Å²) in [6.07, 6.45) is 0.668. The van der Waals surface area contributed by atoms with E-state index in [0.717, 1.165) is 33.1 Å². The lowest BCUT2D eigenvalue weighted by Crippen LogP contribution is -2.43. The molecule has 8 heteroatoms. The van der Waals surface area contributed by atoms with E-state index in [0.29, 0.717) is 26.0 Å². The first kappa shape index (κ1) is 22.0. The lowest BCUT2D eigenvalue weighted by molar-refractivity contribution is -0.145. The Hall–Kier alpha value is -3.23. The van der Waals surface area contributed by atoms with Crippen molar-refractivity contribution in [2.75, 3.05) is 13.2 Å². The Morgan fingerprint density at radius 1 is 1.12 bits per heavy atom. The smallest absolute Gasteiger partial charge is 0.304 e. The number of rotatable bonds is 9. The molecule has 0 saturated carbocycles. The van der Waals surface area contributed by atoms with E-state index >= 15 is 0 Å². The fraction of sp³-hybridized carbons (Fsp3) is 0.292. The van der Waals surface area contributed by atoms with Gasteiger partial charge >= 0.3 is 5.97 Å². The molecule has 4 rings (SSSR count). The van der Waals surface area contributed by atoms with Crippen LogP contribution in [-0.4, -0.2) is 35.1 Å². The summed E-state index contributed by atoms with van der Waals surface area (Å²) in [5.41, 5.74) is 8.34. The number of hydrogen-bond acceptors (Lipinski definition) is 6. The standard InChI is InChI=1S/C24H25N3O4S/c25-9-10-31-19-7-5-16(6-8-19)20-15-32-21(27-20)14-26-23(30)24(13-22(28)29)11-17-3-1-2-4-18(17)12-24/h1-8,15H,9-14,25H2,(H,26,30)(H,28,29). The molecule has 1 heterocycles. The second-order valence-electron chi connectivity index (χ2n) is 7.94. The van der Waals surface area contributed by atoms with Crippen LogP contribution in [0.2, 0.25) is 0 Å². The molecule has 3 aromatic rings. The van der Waals surface area contributed by atoms with Crippen molar-refractivity contribution >= 4 is 23.2 Å². The number of fused-ring (bicyclic) bond motifs is 1. The molecule has 0 spiro atoms. The SMILES string of the molecule is NCCOc1ccc(-c2csc(CNC(=O)C3(CC(=O)O)Cc4ccccc4C3)n2)cc1. The van der Waals surface area contributed by atoms with E-state index in [1.807, 2.05) is 53.9 Å². The van der Waals surface area contributed by atoms with E-state index in [2.05, 4.69) is 10.3 Å². The number of benzene rings is 2. The van der Waals surface area contributed by atoms with E-state index < -0.39 is 11.4 Å². The fourth-order valence-corrected chi connectivity index (χ4v) is 4.86. The van der Waals surface area contributed by atoms with Gasteiger partial charge in [-0.05, 0) is 48.2 Å². The highest BCUT2D eigenvalue weighted by molar-refractivity contribution is 7.09. The summed E-state index contributed by atoms with van der Waals surface area (Å²) in [5, 5.41) is 15.1. The Labute approximate surface area is 190 Å². The third kappa shape index (κ3) is 4.81. The molecule has 1 aliphatic rings. The van der Waals surface area contributed by atoms with Gasteiger partial charge in [-0.2, -0.15) is 0 Å². The molecule has 166 valence electrons. The number of carboxylic acids is 1. The normalized spacial score (nSPS) is 14.0. The molecular formula is C24H25N3O4S. The average molecular weight is 452 g/mol. The first-order valence-corrected chi connectivity index (χ1v) is 11.3. The van der Waals surface area contributed by atoms with Gasteiger partial charge in [0, 0.05) is 17.5 Å². The van der Waals surface area contributed by atoms with Crippen molar-refractivity contribution in [2.24, 2.45) is 11.1 Å². The zero-order valence-corrected chi connectivity index (χ0v) is 18.4. The summed E-state index contributed by atoms with van der Waals surface area (Å²) < 4.78 is 5.49. The maximum Gasteiger partial charge on any atom is 0.304 e. The van der Waals surface area contributed by atoms with Gasteiger partial charge in [-0.3, -0.25) is 9.59 Å². The monoisotopic (exact) mass is 451 g/mol. The fourth-order valence-electron chi connectivity index (χ4n) is 4.12. The van der Waals surface area contributed by atoms with Crippen molar-refractivity contribution in [1.29, 1.82) is 0 Å². The summed E-state index contributed by atoms with van der Waals surface area (Å²) in [7, 11) is 0. The average Bonchev–Trinajstić information content (AvgIpc) is 3.41. The van der Waals surface area contributed by atoms with Crippen molar-refractivity contribution in [2.45, 2.75) is 25.8 Å². The van der Waals surface area contributed by atoms with Crippen LogP contribution < -0.4 is 15.8 Å². The van der Waals surface area contributed by atoms with Crippen LogP contribution in [0.5, 0.6) is 5.75 Å². The van der Waals surface area contributed by atoms with E-state index in [4.69, 9.17) is 10.5 Å². The minimum Gasteiger partial charge on any atom is -0.492 e. The number of carbonyl (C=O) groups is 2. The quantitative estimate of drug-likeness (QED) is 0.461. The number of hydrogen-bond donors (Lipinski definition) is 3. The topological polar surface area (TPSA) is 115 Å². The second-order valence-corrected chi connectivity index (χ2v) is 8.89. The van der Waals surface area contributed by atoms with E-state index in [-0.39, 0.29) is 18.9 Å². The van der Waals surface area contributed by atoms with E-state index in [9.17, 15) is 14.7 Å². The molecule has 0 atom stereocenters. The summed E-state index contributed by atoms with van der Waals surface area (Å²) >= 11 is 1.46. The minimum absolute atomic E-state index is 0.199. The highest BCUT2D eigenvalue weighted by Gasteiger charge is 2.45. The summed E-state index contributed by atoms with van der Waals surface area (Å²) in [6, 6.07) is 15.4. The van der Waals surface area contributed by atoms with Gasteiger partial charge in [0.1, 0.15) is 17.4 Å².